The third-order valence-corrected chi connectivity index (χ3v) is 2.12. The first-order chi connectivity index (χ1) is 5.77. The molecule has 1 rings (SSSR count). The van der Waals surface area contributed by atoms with E-state index in [9.17, 15) is 0 Å². The molecule has 0 aliphatic carbocycles. The first-order valence-electron chi connectivity index (χ1n) is 3.38. The Hall–Kier alpha value is -0.660. The summed E-state index contributed by atoms with van der Waals surface area (Å²) in [4.78, 5) is 0. The number of rotatable bonds is 2. The Bertz CT molecular complexity index is 277. The van der Waals surface area contributed by atoms with Gasteiger partial charge in [-0.3, -0.25) is 0 Å². The van der Waals surface area contributed by atoms with Crippen LogP contribution in [-0.4, -0.2) is 7.11 Å². The van der Waals surface area contributed by atoms with Gasteiger partial charge in [-0.25, -0.2) is 0 Å². The second-order valence-corrected chi connectivity index (χ2v) is 2.81. The van der Waals surface area contributed by atoms with Crippen LogP contribution in [0.5, 0.6) is 5.75 Å². The van der Waals surface area contributed by atoms with E-state index in [-0.39, 0.29) is 0 Å². The maximum atomic E-state index is 5.77. The van der Waals surface area contributed by atoms with Gasteiger partial charge in [-0.1, -0.05) is 23.2 Å². The smallest absolute Gasteiger partial charge is 0.118 e. The van der Waals surface area contributed by atoms with Crippen molar-refractivity contribution in [2.45, 2.75) is 0 Å². The fourth-order valence-electron chi connectivity index (χ4n) is 0.813. The van der Waals surface area contributed by atoms with Crippen molar-refractivity contribution in [1.82, 2.24) is 0 Å². The molecule has 0 unspecified atom stereocenters. The molecule has 0 amide bonds. The summed E-state index contributed by atoms with van der Waals surface area (Å²) in [6.45, 7) is 0. The third-order valence-electron chi connectivity index (χ3n) is 1.46. The molecule has 0 fully saturated rings. The predicted octanol–water partition coefficient (Wildman–Crippen LogP) is 3.47. The lowest BCUT2D eigenvalue weighted by Gasteiger charge is -2.00. The van der Waals surface area contributed by atoms with Gasteiger partial charge in [-0.2, -0.15) is 0 Å². The average Bonchev–Trinajstić information content (AvgIpc) is 2.17. The molecule has 64 valence electrons. The third kappa shape index (κ3) is 2.16. The van der Waals surface area contributed by atoms with Crippen LogP contribution < -0.4 is 4.74 Å². The van der Waals surface area contributed by atoms with E-state index in [4.69, 9.17) is 27.9 Å². The fraction of sp³-hybridized carbons (Fsp3) is 0.111. The summed E-state index contributed by atoms with van der Waals surface area (Å²) < 4.78 is 4.99. The molecule has 0 atom stereocenters. The van der Waals surface area contributed by atoms with Gasteiger partial charge in [0.15, 0.2) is 0 Å². The summed E-state index contributed by atoms with van der Waals surface area (Å²) in [5.41, 5.74) is 2.22. The molecule has 1 aromatic carbocycles. The van der Waals surface area contributed by atoms with E-state index in [1.807, 2.05) is 24.3 Å². The molecule has 0 heterocycles. The zero-order valence-electron chi connectivity index (χ0n) is 6.55. The molecule has 0 N–H and O–H groups in total. The highest BCUT2D eigenvalue weighted by Gasteiger charge is 1.96. The van der Waals surface area contributed by atoms with Gasteiger partial charge in [0.05, 0.1) is 12.1 Å². The number of halogens is 2. The summed E-state index contributed by atoms with van der Waals surface area (Å²) in [6.07, 6.45) is 0. The Morgan fingerprint density at radius 3 is 2.33 bits per heavy atom. The van der Waals surface area contributed by atoms with Gasteiger partial charge in [0.2, 0.25) is 0 Å². The molecule has 0 radical (unpaired) electrons. The lowest BCUT2D eigenvalue weighted by Crippen LogP contribution is -1.82. The van der Waals surface area contributed by atoms with Crippen molar-refractivity contribution in [3.05, 3.63) is 35.4 Å². The molecule has 0 aliphatic rings. The van der Waals surface area contributed by atoms with Crippen LogP contribution >= 0.6 is 23.2 Å². The standard InChI is InChI=1S/C9H8Cl2O/c1-12-8-4-2-7(3-5-8)9(11)6-10/h2-6H,1H3/b9-6+. The van der Waals surface area contributed by atoms with Crippen molar-refractivity contribution in [3.8, 4) is 5.75 Å². The number of hydrogen-bond acceptors (Lipinski definition) is 1. The number of benzene rings is 1. The Morgan fingerprint density at radius 2 is 1.92 bits per heavy atom. The molecule has 0 saturated heterocycles. The molecule has 0 aromatic heterocycles. The summed E-state index contributed by atoms with van der Waals surface area (Å²) in [5, 5.41) is 0.527. The van der Waals surface area contributed by atoms with Crippen LogP contribution in [0.3, 0.4) is 0 Å². The zero-order valence-corrected chi connectivity index (χ0v) is 8.06. The highest BCUT2D eigenvalue weighted by molar-refractivity contribution is 6.52. The van der Waals surface area contributed by atoms with Gasteiger partial charge in [0.1, 0.15) is 5.75 Å². The van der Waals surface area contributed by atoms with Crippen LogP contribution in [0.15, 0.2) is 29.8 Å². The van der Waals surface area contributed by atoms with E-state index in [0.717, 1.165) is 11.3 Å². The topological polar surface area (TPSA) is 9.23 Å². The first kappa shape index (κ1) is 9.43. The lowest BCUT2D eigenvalue weighted by molar-refractivity contribution is 0.415. The molecule has 0 bridgehead atoms. The van der Waals surface area contributed by atoms with Gasteiger partial charge < -0.3 is 4.74 Å². The van der Waals surface area contributed by atoms with Crippen LogP contribution in [0.4, 0.5) is 0 Å². The Balaban J connectivity index is 2.92. The molecule has 1 nitrogen and oxygen atoms in total. The van der Waals surface area contributed by atoms with E-state index in [1.165, 1.54) is 5.54 Å². The lowest BCUT2D eigenvalue weighted by atomic mass is 10.2. The van der Waals surface area contributed by atoms with E-state index >= 15 is 0 Å². The molecular formula is C9H8Cl2O. The van der Waals surface area contributed by atoms with Gasteiger partial charge >= 0.3 is 0 Å². The minimum absolute atomic E-state index is 0.527. The maximum absolute atomic E-state index is 5.77. The van der Waals surface area contributed by atoms with E-state index in [1.54, 1.807) is 7.11 Å². The monoisotopic (exact) mass is 202 g/mol. The second-order valence-electron chi connectivity index (χ2n) is 2.19. The Kier molecular flexibility index (Phi) is 3.45. The SMILES string of the molecule is COc1ccc(/C(Cl)=C\Cl)cc1. The Labute approximate surface area is 81.6 Å². The normalized spacial score (nSPS) is 11.4. The summed E-state index contributed by atoms with van der Waals surface area (Å²) in [6, 6.07) is 7.36. The van der Waals surface area contributed by atoms with Crippen molar-refractivity contribution < 1.29 is 4.74 Å². The molecule has 3 heteroatoms. The van der Waals surface area contributed by atoms with Gasteiger partial charge in [-0.05, 0) is 29.8 Å². The number of hydrogen-bond donors (Lipinski definition) is 0. The zero-order chi connectivity index (χ0) is 8.97. The average molecular weight is 203 g/mol. The van der Waals surface area contributed by atoms with E-state index in [2.05, 4.69) is 0 Å². The van der Waals surface area contributed by atoms with Crippen LogP contribution in [0, 0.1) is 0 Å². The van der Waals surface area contributed by atoms with E-state index in [0.29, 0.717) is 5.03 Å². The van der Waals surface area contributed by atoms with Crippen molar-refractivity contribution in [2.75, 3.05) is 7.11 Å². The molecule has 0 saturated carbocycles. The second kappa shape index (κ2) is 4.39. The maximum Gasteiger partial charge on any atom is 0.118 e. The molecule has 0 aliphatic heterocycles. The van der Waals surface area contributed by atoms with Gasteiger partial charge in [-0.15, -0.1) is 0 Å². The highest BCUT2D eigenvalue weighted by atomic mass is 35.5. The van der Waals surface area contributed by atoms with Crippen LogP contribution in [0.2, 0.25) is 0 Å². The molecular weight excluding hydrogens is 195 g/mol. The van der Waals surface area contributed by atoms with Crippen LogP contribution in [0.1, 0.15) is 5.56 Å². The molecule has 12 heavy (non-hydrogen) atoms. The Morgan fingerprint density at radius 1 is 1.33 bits per heavy atom. The van der Waals surface area contributed by atoms with Gasteiger partial charge in [0.25, 0.3) is 0 Å². The molecule has 0 spiro atoms. The predicted molar refractivity (Wildman–Crippen MR) is 52.7 cm³/mol. The van der Waals surface area contributed by atoms with Crippen molar-refractivity contribution in [3.63, 3.8) is 0 Å². The van der Waals surface area contributed by atoms with Crippen LogP contribution in [0.25, 0.3) is 5.03 Å². The summed E-state index contributed by atoms with van der Waals surface area (Å²) in [5.74, 6) is 0.804. The number of methoxy groups -OCH3 is 1. The van der Waals surface area contributed by atoms with Gasteiger partial charge in [0, 0.05) is 5.54 Å². The minimum atomic E-state index is 0.527. The summed E-state index contributed by atoms with van der Waals surface area (Å²) >= 11 is 11.2. The summed E-state index contributed by atoms with van der Waals surface area (Å²) in [7, 11) is 1.62. The van der Waals surface area contributed by atoms with Crippen LogP contribution in [-0.2, 0) is 0 Å². The fourth-order valence-corrected chi connectivity index (χ4v) is 1.07. The van der Waals surface area contributed by atoms with Crippen molar-refractivity contribution in [2.24, 2.45) is 0 Å². The van der Waals surface area contributed by atoms with E-state index < -0.39 is 0 Å². The molecule has 1 aromatic rings. The quantitative estimate of drug-likeness (QED) is 0.714. The van der Waals surface area contributed by atoms with Crippen molar-refractivity contribution in [1.29, 1.82) is 0 Å². The highest BCUT2D eigenvalue weighted by Crippen LogP contribution is 2.21. The minimum Gasteiger partial charge on any atom is -0.497 e. The number of ether oxygens (including phenoxy) is 1. The first-order valence-corrected chi connectivity index (χ1v) is 4.19. The van der Waals surface area contributed by atoms with Crippen molar-refractivity contribution >= 4 is 28.2 Å². The largest absolute Gasteiger partial charge is 0.497 e.